The number of allylic oxidation sites excluding steroid dienone is 2. The highest BCUT2D eigenvalue weighted by Crippen LogP contribution is 2.38. The molecular formula is C39H66N8O8. The number of aliphatic hydroxyl groups is 3. The van der Waals surface area contributed by atoms with Crippen LogP contribution in [0.1, 0.15) is 84.5 Å². The standard InChI is InChI=1S/C39H66N8O8/c1-22(2)34(45-39(53)55-4)37(51)47-18-6-8-32(47)36(50)44-30-20-26(14-16-28(30)41)24-11-9-23(10-12-24)25-13-15-27(40)29(19-25)43-35(49)31-7-5-17-46(31)33(48)21-42-38(52)54-3/h11,13-14,22-23,27-34,38-39,42,45,48,52-53H,5-10,12,15-21,40-41H2,1-4H3,(H,43,49)(H,44,50)/t23?,27?,28?,29?,30?,31?,32-,33?,34-,38?,39?/m0/s1. The molecule has 0 saturated carbocycles. The van der Waals surface area contributed by atoms with Crippen LogP contribution in [0.3, 0.4) is 0 Å². The molecule has 0 radical (unpaired) electrons. The maximum Gasteiger partial charge on any atom is 0.243 e. The summed E-state index contributed by atoms with van der Waals surface area (Å²) in [5.41, 5.74) is 16.9. The quantitative estimate of drug-likeness (QED) is 0.0718. The van der Waals surface area contributed by atoms with E-state index >= 15 is 0 Å². The molecule has 0 aromatic heterocycles. The van der Waals surface area contributed by atoms with E-state index in [0.29, 0.717) is 57.5 Å². The lowest BCUT2D eigenvalue weighted by atomic mass is 9.75. The van der Waals surface area contributed by atoms with E-state index in [4.69, 9.17) is 20.9 Å². The first kappa shape index (κ1) is 43.4. The van der Waals surface area contributed by atoms with Crippen molar-refractivity contribution in [2.45, 2.75) is 146 Å². The Morgan fingerprint density at radius 1 is 0.818 bits per heavy atom. The normalized spacial score (nSPS) is 31.3. The number of carbonyl (C=O) groups is 3. The Hall–Kier alpha value is -2.77. The highest BCUT2D eigenvalue weighted by Gasteiger charge is 2.41. The minimum Gasteiger partial charge on any atom is -0.377 e. The van der Waals surface area contributed by atoms with Crippen molar-refractivity contribution in [2.24, 2.45) is 23.3 Å². The van der Waals surface area contributed by atoms with Crippen molar-refractivity contribution >= 4 is 17.7 Å². The van der Waals surface area contributed by atoms with Gasteiger partial charge >= 0.3 is 0 Å². The van der Waals surface area contributed by atoms with Gasteiger partial charge in [0, 0.05) is 58.0 Å². The largest absolute Gasteiger partial charge is 0.377 e. The van der Waals surface area contributed by atoms with E-state index in [0.717, 1.165) is 32.1 Å². The minimum absolute atomic E-state index is 0.0617. The van der Waals surface area contributed by atoms with Crippen LogP contribution in [0, 0.1) is 11.8 Å². The number of nitrogens with one attached hydrogen (secondary N) is 4. The van der Waals surface area contributed by atoms with Crippen molar-refractivity contribution in [1.29, 1.82) is 0 Å². The third-order valence-corrected chi connectivity index (χ3v) is 12.2. The van der Waals surface area contributed by atoms with E-state index in [9.17, 15) is 29.7 Å². The van der Waals surface area contributed by atoms with Gasteiger partial charge in [0.05, 0.1) is 12.1 Å². The summed E-state index contributed by atoms with van der Waals surface area (Å²) >= 11 is 0. The Bertz CT molecular complexity index is 1430. The first-order valence-electron chi connectivity index (χ1n) is 20.2. The van der Waals surface area contributed by atoms with Crippen molar-refractivity contribution in [3.63, 3.8) is 0 Å². The number of amides is 3. The highest BCUT2D eigenvalue weighted by atomic mass is 16.6. The molecule has 5 aliphatic rings. The molecule has 3 aliphatic carbocycles. The maximum atomic E-state index is 13.7. The van der Waals surface area contributed by atoms with E-state index in [-0.39, 0.29) is 54.4 Å². The van der Waals surface area contributed by atoms with E-state index in [1.165, 1.54) is 30.9 Å². The molecule has 2 heterocycles. The van der Waals surface area contributed by atoms with Crippen molar-refractivity contribution in [1.82, 2.24) is 31.1 Å². The topological polar surface area (TPSA) is 237 Å². The summed E-state index contributed by atoms with van der Waals surface area (Å²) in [6.45, 7) is 4.88. The van der Waals surface area contributed by atoms with Crippen LogP contribution in [-0.2, 0) is 23.9 Å². The first-order valence-corrected chi connectivity index (χ1v) is 20.2. The molecule has 0 aromatic rings. The van der Waals surface area contributed by atoms with E-state index in [1.807, 2.05) is 13.8 Å². The molecule has 0 bridgehead atoms. The van der Waals surface area contributed by atoms with Crippen molar-refractivity contribution in [2.75, 3.05) is 33.9 Å². The lowest BCUT2D eigenvalue weighted by Crippen LogP contribution is -2.58. The molecule has 9 unspecified atom stereocenters. The number of ether oxygens (including phenoxy) is 2. The fourth-order valence-corrected chi connectivity index (χ4v) is 8.87. The zero-order valence-electron chi connectivity index (χ0n) is 33.0. The van der Waals surface area contributed by atoms with Crippen LogP contribution in [0.15, 0.2) is 34.9 Å². The third-order valence-electron chi connectivity index (χ3n) is 12.2. The van der Waals surface area contributed by atoms with Gasteiger partial charge in [-0.3, -0.25) is 29.9 Å². The summed E-state index contributed by atoms with van der Waals surface area (Å²) in [5, 5.41) is 42.3. The fourth-order valence-electron chi connectivity index (χ4n) is 8.87. The van der Waals surface area contributed by atoms with Gasteiger partial charge in [0.1, 0.15) is 12.3 Å². The lowest BCUT2D eigenvalue weighted by molar-refractivity contribution is -0.147. The van der Waals surface area contributed by atoms with Gasteiger partial charge in [-0.2, -0.15) is 0 Å². The van der Waals surface area contributed by atoms with Gasteiger partial charge in [-0.25, -0.2) is 0 Å². The molecule has 0 aromatic carbocycles. The SMILES string of the molecule is COC(O)NCC(O)N1CCCC1C(=O)NC1CC(C2CC=C(C3=CCC(N)C(NC(=O)[C@@H]4CCCN4C(=O)[C@@H](NC(O)OC)C(C)C)C3)CC2)=CCC1N. The number of methoxy groups -OCH3 is 2. The molecule has 310 valence electrons. The number of nitrogens with zero attached hydrogens (tertiary/aromatic N) is 2. The predicted molar refractivity (Wildman–Crippen MR) is 206 cm³/mol. The molecule has 2 fully saturated rings. The minimum atomic E-state index is -1.29. The lowest BCUT2D eigenvalue weighted by Gasteiger charge is -2.37. The van der Waals surface area contributed by atoms with Crippen molar-refractivity contribution < 1.29 is 39.2 Å². The number of carbonyl (C=O) groups excluding carboxylic acids is 3. The highest BCUT2D eigenvalue weighted by molar-refractivity contribution is 5.90. The van der Waals surface area contributed by atoms with Crippen LogP contribution in [0.2, 0.25) is 0 Å². The second kappa shape index (κ2) is 20.1. The molecule has 11 N–H and O–H groups in total. The molecule has 16 heteroatoms. The van der Waals surface area contributed by atoms with Crippen LogP contribution in [-0.4, -0.2) is 138 Å². The molecule has 11 atom stereocenters. The van der Waals surface area contributed by atoms with Crippen LogP contribution in [0.5, 0.6) is 0 Å². The predicted octanol–water partition coefficient (Wildman–Crippen LogP) is -0.400. The van der Waals surface area contributed by atoms with Gasteiger partial charge in [0.15, 0.2) is 0 Å². The summed E-state index contributed by atoms with van der Waals surface area (Å²) in [5.74, 6) is -0.334. The summed E-state index contributed by atoms with van der Waals surface area (Å²) in [6, 6.07) is -2.66. The average Bonchev–Trinajstić information content (AvgIpc) is 3.88. The second-order valence-electron chi connectivity index (χ2n) is 16.2. The third kappa shape index (κ3) is 11.0. The zero-order chi connectivity index (χ0) is 39.8. The zero-order valence-corrected chi connectivity index (χ0v) is 33.0. The van der Waals surface area contributed by atoms with E-state index in [2.05, 4.69) is 39.5 Å². The molecular weight excluding hydrogens is 708 g/mol. The van der Waals surface area contributed by atoms with Gasteiger partial charge in [-0.05, 0) is 93.6 Å². The Morgan fingerprint density at radius 3 is 2.09 bits per heavy atom. The number of rotatable bonds is 16. The summed E-state index contributed by atoms with van der Waals surface area (Å²) in [6.07, 6.45) is 11.4. The monoisotopic (exact) mass is 775 g/mol. The molecule has 55 heavy (non-hydrogen) atoms. The number of hydrogen-bond donors (Lipinski definition) is 9. The molecule has 2 saturated heterocycles. The van der Waals surface area contributed by atoms with Gasteiger partial charge in [-0.1, -0.05) is 37.6 Å². The Kier molecular flexibility index (Phi) is 15.8. The first-order chi connectivity index (χ1) is 26.3. The number of aliphatic hydroxyl groups excluding tert-OH is 3. The molecule has 5 rings (SSSR count). The average molecular weight is 775 g/mol. The number of nitrogens with two attached hydrogens (primary N) is 2. The van der Waals surface area contributed by atoms with Gasteiger partial charge < -0.3 is 51.8 Å². The summed E-state index contributed by atoms with van der Waals surface area (Å²) in [7, 11) is 2.71. The van der Waals surface area contributed by atoms with Crippen molar-refractivity contribution in [3.05, 3.63) is 34.9 Å². The number of hydrogen-bond acceptors (Lipinski definition) is 13. The number of likely N-dealkylation sites (tertiary alicyclic amines) is 2. The fraction of sp³-hybridized carbons (Fsp3) is 0.769. The maximum absolute atomic E-state index is 13.7. The Labute approximate surface area is 325 Å². The van der Waals surface area contributed by atoms with Crippen molar-refractivity contribution in [3.8, 4) is 0 Å². The van der Waals surface area contributed by atoms with Gasteiger partial charge in [0.2, 0.25) is 30.5 Å². The van der Waals surface area contributed by atoms with Gasteiger partial charge in [-0.15, -0.1) is 0 Å². The van der Waals surface area contributed by atoms with Crippen LogP contribution in [0.25, 0.3) is 0 Å². The Morgan fingerprint density at radius 2 is 1.44 bits per heavy atom. The summed E-state index contributed by atoms with van der Waals surface area (Å²) < 4.78 is 9.70. The second-order valence-corrected chi connectivity index (χ2v) is 16.2. The van der Waals surface area contributed by atoms with Crippen LogP contribution < -0.4 is 32.7 Å². The van der Waals surface area contributed by atoms with Crippen LogP contribution >= 0.6 is 0 Å². The van der Waals surface area contributed by atoms with Crippen LogP contribution in [0.4, 0.5) is 0 Å². The Balaban J connectivity index is 1.13. The van der Waals surface area contributed by atoms with E-state index < -0.39 is 37.2 Å². The molecule has 0 spiro atoms. The van der Waals surface area contributed by atoms with Gasteiger partial charge in [0.25, 0.3) is 0 Å². The molecule has 3 amide bonds. The smallest absolute Gasteiger partial charge is 0.243 e. The molecule has 2 aliphatic heterocycles. The summed E-state index contributed by atoms with van der Waals surface area (Å²) in [4.78, 5) is 44.1. The molecule has 16 nitrogen and oxygen atoms in total. The van der Waals surface area contributed by atoms with E-state index in [1.54, 1.807) is 9.80 Å².